The largest absolute Gasteiger partial charge is 0.463 e. The molecule has 1 fully saturated rings. The standard InChI is InChI=1S/C38H52O17/c1-5-27(39)25-47-21-13-9-18-34(45)54-37-36(53-33(44)19-11-15-23-49-30(41)7-3)28(52-32(43)17-10-14-22-48-29(40)6-2)26-51-38(37)55-35(46)20-12-16-24-50-31(42)8-4/h5-8,28,36-38H,1-4,9-26H2/t28-,36?,37-,38?/m1/s1. The number of hydrogen-bond donors (Lipinski definition) is 0. The molecule has 1 saturated heterocycles. The maximum atomic E-state index is 13.1. The van der Waals surface area contributed by atoms with E-state index in [1.165, 1.54) is 0 Å². The lowest BCUT2D eigenvalue weighted by atomic mass is 10.0. The third-order valence-corrected chi connectivity index (χ3v) is 7.40. The van der Waals surface area contributed by atoms with Gasteiger partial charge in [0.2, 0.25) is 12.4 Å². The maximum Gasteiger partial charge on any atom is 0.330 e. The first-order valence-electron chi connectivity index (χ1n) is 17.9. The number of unbranched alkanes of at least 4 members (excludes halogenated alkanes) is 4. The molecular formula is C38H52O17. The molecule has 0 amide bonds. The fourth-order valence-electron chi connectivity index (χ4n) is 4.57. The van der Waals surface area contributed by atoms with Crippen LogP contribution in [0.4, 0.5) is 0 Å². The average molecular weight is 781 g/mol. The quantitative estimate of drug-likeness (QED) is 0.0442. The lowest BCUT2D eigenvalue weighted by Crippen LogP contribution is -2.58. The molecule has 0 saturated carbocycles. The van der Waals surface area contributed by atoms with Gasteiger partial charge in [-0.2, -0.15) is 0 Å². The number of hydrogen-bond acceptors (Lipinski definition) is 17. The van der Waals surface area contributed by atoms with Crippen molar-refractivity contribution in [1.82, 2.24) is 0 Å². The molecule has 1 aliphatic heterocycles. The van der Waals surface area contributed by atoms with E-state index in [9.17, 15) is 38.4 Å². The van der Waals surface area contributed by atoms with Gasteiger partial charge in [0.05, 0.1) is 26.4 Å². The van der Waals surface area contributed by atoms with Crippen molar-refractivity contribution >= 4 is 47.6 Å². The zero-order chi connectivity index (χ0) is 40.8. The summed E-state index contributed by atoms with van der Waals surface area (Å²) >= 11 is 0. The lowest BCUT2D eigenvalue weighted by Gasteiger charge is -2.40. The Kier molecular flexibility index (Phi) is 25.4. The minimum atomic E-state index is -1.58. The van der Waals surface area contributed by atoms with E-state index in [0.29, 0.717) is 25.7 Å². The van der Waals surface area contributed by atoms with Crippen LogP contribution in [0.15, 0.2) is 50.6 Å². The predicted molar refractivity (Wildman–Crippen MR) is 190 cm³/mol. The highest BCUT2D eigenvalue weighted by atomic mass is 16.7. The second-order valence-electron chi connectivity index (χ2n) is 11.8. The molecular weight excluding hydrogens is 728 g/mol. The molecule has 2 unspecified atom stereocenters. The van der Waals surface area contributed by atoms with Gasteiger partial charge in [-0.05, 0) is 57.4 Å². The van der Waals surface area contributed by atoms with Crippen LogP contribution in [0.5, 0.6) is 0 Å². The Hall–Kier alpha value is -5.16. The average Bonchev–Trinajstić information content (AvgIpc) is 3.17. The van der Waals surface area contributed by atoms with Crippen molar-refractivity contribution in [2.75, 3.05) is 39.6 Å². The third-order valence-electron chi connectivity index (χ3n) is 7.40. The van der Waals surface area contributed by atoms with Crippen LogP contribution in [-0.4, -0.2) is 112 Å². The first-order valence-corrected chi connectivity index (χ1v) is 17.9. The molecule has 0 aromatic carbocycles. The van der Waals surface area contributed by atoms with Gasteiger partial charge in [0, 0.05) is 50.5 Å². The molecule has 0 radical (unpaired) electrons. The number of carbonyl (C=O) groups is 8. The van der Waals surface area contributed by atoms with E-state index < -0.39 is 73.0 Å². The van der Waals surface area contributed by atoms with E-state index in [-0.39, 0.29) is 90.2 Å². The molecule has 1 aliphatic rings. The van der Waals surface area contributed by atoms with Gasteiger partial charge < -0.3 is 42.6 Å². The summed E-state index contributed by atoms with van der Waals surface area (Å²) in [5.74, 6) is -5.19. The van der Waals surface area contributed by atoms with Gasteiger partial charge in [0.15, 0.2) is 18.0 Å². The SMILES string of the molecule is C=CC(=O)COCCCCC(=O)O[C@H]1C(OC(=O)CCCCOC(=O)C=C)OC[C@@H](OC(=O)CCCCOC(=O)C=C)C1OC(=O)CCCCOC(=O)C=C. The number of esters is 7. The van der Waals surface area contributed by atoms with E-state index >= 15 is 0 Å². The van der Waals surface area contributed by atoms with Gasteiger partial charge in [-0.25, -0.2) is 14.4 Å². The first-order chi connectivity index (χ1) is 26.4. The van der Waals surface area contributed by atoms with Crippen molar-refractivity contribution in [1.29, 1.82) is 0 Å². The fourth-order valence-corrected chi connectivity index (χ4v) is 4.57. The Bertz CT molecular complexity index is 1320. The van der Waals surface area contributed by atoms with Crippen molar-refractivity contribution in [3.05, 3.63) is 50.6 Å². The highest BCUT2D eigenvalue weighted by Crippen LogP contribution is 2.27. The van der Waals surface area contributed by atoms with Crippen LogP contribution < -0.4 is 0 Å². The van der Waals surface area contributed by atoms with Crippen molar-refractivity contribution < 1.29 is 81.0 Å². The van der Waals surface area contributed by atoms with Gasteiger partial charge in [-0.15, -0.1) is 0 Å². The van der Waals surface area contributed by atoms with Crippen LogP contribution >= 0.6 is 0 Å². The molecule has 1 rings (SSSR count). The summed E-state index contributed by atoms with van der Waals surface area (Å²) in [5.41, 5.74) is 0. The van der Waals surface area contributed by atoms with Crippen LogP contribution in [0.2, 0.25) is 0 Å². The molecule has 306 valence electrons. The molecule has 0 N–H and O–H groups in total. The second-order valence-corrected chi connectivity index (χ2v) is 11.8. The number of carbonyl (C=O) groups excluding carboxylic acids is 8. The molecule has 4 atom stereocenters. The Balaban J connectivity index is 3.11. The third kappa shape index (κ3) is 22.6. The predicted octanol–water partition coefficient (Wildman–Crippen LogP) is 3.26. The van der Waals surface area contributed by atoms with Gasteiger partial charge >= 0.3 is 41.8 Å². The Morgan fingerprint density at radius 2 is 0.891 bits per heavy atom. The van der Waals surface area contributed by atoms with Gasteiger partial charge in [-0.1, -0.05) is 26.3 Å². The normalized spacial score (nSPS) is 17.3. The van der Waals surface area contributed by atoms with Crippen molar-refractivity contribution in [2.24, 2.45) is 0 Å². The van der Waals surface area contributed by atoms with Crippen molar-refractivity contribution in [2.45, 2.75) is 102 Å². The highest BCUT2D eigenvalue weighted by molar-refractivity contribution is 5.90. The molecule has 55 heavy (non-hydrogen) atoms. The minimum Gasteiger partial charge on any atom is -0.463 e. The molecule has 0 spiro atoms. The fraction of sp³-hybridized carbons (Fsp3) is 0.579. The van der Waals surface area contributed by atoms with Gasteiger partial charge in [0.25, 0.3) is 0 Å². The second kappa shape index (κ2) is 29.2. The molecule has 0 aromatic rings. The van der Waals surface area contributed by atoms with Crippen LogP contribution in [0.3, 0.4) is 0 Å². The molecule has 0 aromatic heterocycles. The van der Waals surface area contributed by atoms with Crippen LogP contribution in [0.25, 0.3) is 0 Å². The number of ether oxygens (including phenoxy) is 9. The first kappa shape index (κ1) is 47.9. The number of rotatable bonds is 30. The highest BCUT2D eigenvalue weighted by Gasteiger charge is 2.49. The summed E-state index contributed by atoms with van der Waals surface area (Å²) in [7, 11) is 0. The topological polar surface area (TPSA) is 220 Å². The molecule has 0 bridgehead atoms. The molecule has 17 heteroatoms. The van der Waals surface area contributed by atoms with Gasteiger partial charge in [0.1, 0.15) is 6.61 Å². The van der Waals surface area contributed by atoms with Crippen LogP contribution in [0.1, 0.15) is 77.0 Å². The zero-order valence-electron chi connectivity index (χ0n) is 31.1. The van der Waals surface area contributed by atoms with E-state index in [4.69, 9.17) is 42.6 Å². The van der Waals surface area contributed by atoms with Crippen molar-refractivity contribution in [3.8, 4) is 0 Å². The summed E-state index contributed by atoms with van der Waals surface area (Å²) in [4.78, 5) is 97.1. The molecule has 17 nitrogen and oxygen atoms in total. The smallest absolute Gasteiger partial charge is 0.330 e. The van der Waals surface area contributed by atoms with Crippen molar-refractivity contribution in [3.63, 3.8) is 0 Å². The minimum absolute atomic E-state index is 0.0208. The number of ketones is 1. The van der Waals surface area contributed by atoms with E-state index in [1.54, 1.807) is 0 Å². The molecule has 0 aliphatic carbocycles. The van der Waals surface area contributed by atoms with E-state index in [0.717, 1.165) is 24.3 Å². The molecule has 1 heterocycles. The van der Waals surface area contributed by atoms with Crippen LogP contribution in [-0.2, 0) is 81.0 Å². The van der Waals surface area contributed by atoms with Crippen LogP contribution in [0, 0.1) is 0 Å². The Morgan fingerprint density at radius 1 is 0.491 bits per heavy atom. The summed E-state index contributed by atoms with van der Waals surface area (Å²) in [5, 5.41) is 0. The van der Waals surface area contributed by atoms with E-state index in [2.05, 4.69) is 26.3 Å². The maximum absolute atomic E-state index is 13.1. The summed E-state index contributed by atoms with van der Waals surface area (Å²) < 4.78 is 48.2. The zero-order valence-corrected chi connectivity index (χ0v) is 31.1. The lowest BCUT2D eigenvalue weighted by molar-refractivity contribution is -0.275. The monoisotopic (exact) mass is 780 g/mol. The summed E-state index contributed by atoms with van der Waals surface area (Å²) in [6.45, 7) is 13.0. The van der Waals surface area contributed by atoms with Gasteiger partial charge in [-0.3, -0.25) is 24.0 Å². The van der Waals surface area contributed by atoms with E-state index in [1.807, 2.05) is 0 Å². The summed E-state index contributed by atoms with van der Waals surface area (Å²) in [6.07, 6.45) is 0.0520. The summed E-state index contributed by atoms with van der Waals surface area (Å²) in [6, 6.07) is 0. The Morgan fingerprint density at radius 3 is 1.33 bits per heavy atom. The Labute approximate surface area is 320 Å².